The van der Waals surface area contributed by atoms with E-state index in [4.69, 9.17) is 0 Å². The monoisotopic (exact) mass is 314 g/mol. The van der Waals surface area contributed by atoms with Crippen LogP contribution in [0, 0.1) is 11.6 Å². The van der Waals surface area contributed by atoms with Crippen LogP contribution in [0.4, 0.5) is 8.78 Å². The van der Waals surface area contributed by atoms with Crippen molar-refractivity contribution in [3.63, 3.8) is 0 Å². The van der Waals surface area contributed by atoms with Gasteiger partial charge >= 0.3 is 0 Å². The third-order valence-corrected chi connectivity index (χ3v) is 3.20. The van der Waals surface area contributed by atoms with Gasteiger partial charge in [-0.15, -0.1) is 5.10 Å². The first-order valence-corrected chi connectivity index (χ1v) is 6.84. The van der Waals surface area contributed by atoms with Crippen LogP contribution in [-0.4, -0.2) is 20.9 Å². The summed E-state index contributed by atoms with van der Waals surface area (Å²) < 4.78 is 27.0. The number of halogens is 2. The molecule has 1 N–H and O–H groups in total. The molecule has 2 aromatic carbocycles. The highest BCUT2D eigenvalue weighted by molar-refractivity contribution is 5.91. The van der Waals surface area contributed by atoms with Gasteiger partial charge in [0.05, 0.1) is 11.9 Å². The number of amides is 1. The summed E-state index contributed by atoms with van der Waals surface area (Å²) in [6.07, 6.45) is 1.29. The maximum absolute atomic E-state index is 13.5. The first kappa shape index (κ1) is 14.8. The van der Waals surface area contributed by atoms with Crippen LogP contribution >= 0.6 is 0 Å². The fourth-order valence-electron chi connectivity index (χ4n) is 2.01. The van der Waals surface area contributed by atoms with Crippen LogP contribution in [0.5, 0.6) is 0 Å². The second-order valence-electron chi connectivity index (χ2n) is 4.74. The Bertz CT molecular complexity index is 813. The van der Waals surface area contributed by atoms with Gasteiger partial charge in [-0.2, -0.15) is 9.90 Å². The Balaban J connectivity index is 1.71. The summed E-state index contributed by atoms with van der Waals surface area (Å²) in [6, 6.07) is 12.6. The molecule has 0 atom stereocenters. The summed E-state index contributed by atoms with van der Waals surface area (Å²) in [5, 5.41) is 10.5. The minimum atomic E-state index is -0.710. The second kappa shape index (κ2) is 6.35. The lowest BCUT2D eigenvalue weighted by Gasteiger charge is -2.05. The third-order valence-electron chi connectivity index (χ3n) is 3.20. The van der Waals surface area contributed by atoms with E-state index in [0.29, 0.717) is 5.69 Å². The second-order valence-corrected chi connectivity index (χ2v) is 4.74. The molecule has 0 fully saturated rings. The van der Waals surface area contributed by atoms with Crippen LogP contribution in [0.25, 0.3) is 5.69 Å². The molecule has 1 amide bonds. The van der Waals surface area contributed by atoms with Crippen molar-refractivity contribution in [1.82, 2.24) is 20.3 Å². The van der Waals surface area contributed by atoms with Crippen molar-refractivity contribution in [1.29, 1.82) is 0 Å². The molecule has 7 heteroatoms. The van der Waals surface area contributed by atoms with Crippen molar-refractivity contribution in [2.24, 2.45) is 0 Å². The maximum atomic E-state index is 13.5. The van der Waals surface area contributed by atoms with Crippen molar-refractivity contribution >= 4 is 5.91 Å². The van der Waals surface area contributed by atoms with Gasteiger partial charge in [-0.25, -0.2) is 8.78 Å². The molecular weight excluding hydrogens is 302 g/mol. The lowest BCUT2D eigenvalue weighted by atomic mass is 10.2. The van der Waals surface area contributed by atoms with Crippen LogP contribution in [0.2, 0.25) is 0 Å². The Morgan fingerprint density at radius 1 is 1.04 bits per heavy atom. The van der Waals surface area contributed by atoms with E-state index in [1.807, 2.05) is 18.2 Å². The highest BCUT2D eigenvalue weighted by atomic mass is 19.1. The molecule has 0 aliphatic carbocycles. The van der Waals surface area contributed by atoms with Crippen molar-refractivity contribution < 1.29 is 13.6 Å². The largest absolute Gasteiger partial charge is 0.346 e. The number of carbonyl (C=O) groups is 1. The predicted molar refractivity (Wildman–Crippen MR) is 78.9 cm³/mol. The van der Waals surface area contributed by atoms with Gasteiger partial charge < -0.3 is 5.32 Å². The van der Waals surface area contributed by atoms with Gasteiger partial charge in [0.15, 0.2) is 5.69 Å². The van der Waals surface area contributed by atoms with E-state index in [9.17, 15) is 13.6 Å². The van der Waals surface area contributed by atoms with Crippen LogP contribution in [-0.2, 0) is 6.54 Å². The molecule has 3 aromatic rings. The third kappa shape index (κ3) is 3.23. The Hall–Kier alpha value is -3.09. The number of hydrogen-bond donors (Lipinski definition) is 1. The van der Waals surface area contributed by atoms with E-state index in [-0.39, 0.29) is 17.8 Å². The van der Waals surface area contributed by atoms with E-state index in [1.54, 1.807) is 12.1 Å². The fourth-order valence-corrected chi connectivity index (χ4v) is 2.01. The lowest BCUT2D eigenvalue weighted by Crippen LogP contribution is -2.24. The molecule has 0 aliphatic heterocycles. The van der Waals surface area contributed by atoms with Gasteiger partial charge in [0.1, 0.15) is 11.6 Å². The minimum absolute atomic E-state index is 0.0607. The van der Waals surface area contributed by atoms with Gasteiger partial charge in [0.2, 0.25) is 0 Å². The molecule has 3 rings (SSSR count). The van der Waals surface area contributed by atoms with Crippen LogP contribution in [0.1, 0.15) is 16.1 Å². The molecule has 0 saturated heterocycles. The summed E-state index contributed by atoms with van der Waals surface area (Å²) in [5.74, 6) is -1.98. The summed E-state index contributed by atoms with van der Waals surface area (Å²) in [7, 11) is 0. The molecule has 0 bridgehead atoms. The van der Waals surface area contributed by atoms with Crippen molar-refractivity contribution in [2.45, 2.75) is 6.54 Å². The van der Waals surface area contributed by atoms with Crippen molar-refractivity contribution in [3.05, 3.63) is 77.6 Å². The number of nitrogens with zero attached hydrogens (tertiary/aromatic N) is 3. The number of rotatable bonds is 4. The molecule has 116 valence electrons. The molecule has 0 radical (unpaired) electrons. The summed E-state index contributed by atoms with van der Waals surface area (Å²) >= 11 is 0. The average molecular weight is 314 g/mol. The normalized spacial score (nSPS) is 10.5. The molecule has 23 heavy (non-hydrogen) atoms. The average Bonchev–Trinajstić information content (AvgIpc) is 3.05. The SMILES string of the molecule is O=C(NCc1c(F)cccc1F)c1cnn(-c2ccccc2)n1. The van der Waals surface area contributed by atoms with E-state index >= 15 is 0 Å². The van der Waals surface area contributed by atoms with Gasteiger partial charge in [0, 0.05) is 12.1 Å². The molecule has 0 unspecified atom stereocenters. The van der Waals surface area contributed by atoms with E-state index < -0.39 is 17.5 Å². The van der Waals surface area contributed by atoms with Gasteiger partial charge in [-0.1, -0.05) is 24.3 Å². The standard InChI is InChI=1S/C16H12F2N4O/c17-13-7-4-8-14(18)12(13)9-19-16(23)15-10-20-22(21-15)11-5-2-1-3-6-11/h1-8,10H,9H2,(H,19,23). The predicted octanol–water partition coefficient (Wildman–Crippen LogP) is 2.48. The topological polar surface area (TPSA) is 59.8 Å². The van der Waals surface area contributed by atoms with Crippen LogP contribution < -0.4 is 5.32 Å². The number of aromatic nitrogens is 3. The molecule has 0 saturated carbocycles. The van der Waals surface area contributed by atoms with Crippen LogP contribution in [0.15, 0.2) is 54.7 Å². The van der Waals surface area contributed by atoms with Gasteiger partial charge in [-0.05, 0) is 24.3 Å². The Kier molecular flexibility index (Phi) is 4.09. The lowest BCUT2D eigenvalue weighted by molar-refractivity contribution is 0.0945. The van der Waals surface area contributed by atoms with Crippen molar-refractivity contribution in [3.8, 4) is 5.69 Å². The molecule has 1 aromatic heterocycles. The van der Waals surface area contributed by atoms with Gasteiger partial charge in [0.25, 0.3) is 5.91 Å². The zero-order valence-electron chi connectivity index (χ0n) is 11.9. The van der Waals surface area contributed by atoms with E-state index in [1.165, 1.54) is 17.1 Å². The highest BCUT2D eigenvalue weighted by Crippen LogP contribution is 2.11. The molecular formula is C16H12F2N4O. The molecule has 0 aliphatic rings. The maximum Gasteiger partial charge on any atom is 0.273 e. The highest BCUT2D eigenvalue weighted by Gasteiger charge is 2.14. The van der Waals surface area contributed by atoms with Crippen molar-refractivity contribution in [2.75, 3.05) is 0 Å². The first-order chi connectivity index (χ1) is 11.1. The zero-order valence-corrected chi connectivity index (χ0v) is 11.9. The first-order valence-electron chi connectivity index (χ1n) is 6.84. The number of benzene rings is 2. The smallest absolute Gasteiger partial charge is 0.273 e. The number of nitrogens with one attached hydrogen (secondary N) is 1. The summed E-state index contributed by atoms with van der Waals surface area (Å²) in [4.78, 5) is 13.3. The zero-order chi connectivity index (χ0) is 16.2. The molecule has 1 heterocycles. The number of hydrogen-bond acceptors (Lipinski definition) is 3. The molecule has 0 spiro atoms. The van der Waals surface area contributed by atoms with Gasteiger partial charge in [-0.3, -0.25) is 4.79 Å². The number of para-hydroxylation sites is 1. The quantitative estimate of drug-likeness (QED) is 0.805. The fraction of sp³-hybridized carbons (Fsp3) is 0.0625. The minimum Gasteiger partial charge on any atom is -0.346 e. The van der Waals surface area contributed by atoms with E-state index in [2.05, 4.69) is 15.5 Å². The molecule has 5 nitrogen and oxygen atoms in total. The van der Waals surface area contributed by atoms with Crippen LogP contribution in [0.3, 0.4) is 0 Å². The number of carbonyl (C=O) groups excluding carboxylic acids is 1. The Morgan fingerprint density at radius 3 is 2.43 bits per heavy atom. The Labute approximate surface area is 130 Å². The Morgan fingerprint density at radius 2 is 1.74 bits per heavy atom. The summed E-state index contributed by atoms with van der Waals surface area (Å²) in [6.45, 7) is -0.268. The summed E-state index contributed by atoms with van der Waals surface area (Å²) in [5.41, 5.74) is 0.564. The van der Waals surface area contributed by atoms with E-state index in [0.717, 1.165) is 12.1 Å².